The Morgan fingerprint density at radius 2 is 1.62 bits per heavy atom. The number of carbonyl (C=O) groups excluding carboxylic acids is 2. The molecule has 0 bridgehead atoms. The second kappa shape index (κ2) is 13.8. The van der Waals surface area contributed by atoms with Crippen LogP contribution >= 0.6 is 15.9 Å². The quantitative estimate of drug-likeness (QED) is 0.311. The Bertz CT molecular complexity index is 1400. The number of amides is 2. The topological polar surface area (TPSA) is 86.8 Å². The van der Waals surface area contributed by atoms with Crippen LogP contribution in [0, 0.1) is 13.8 Å². The first kappa shape index (κ1) is 30.4. The Balaban J connectivity index is 2.05. The third kappa shape index (κ3) is 8.66. The fraction of sp³-hybridized carbons (Fsp3) is 0.333. The van der Waals surface area contributed by atoms with Gasteiger partial charge < -0.3 is 10.2 Å². The number of aryl methyl sites for hydroxylation is 2. The molecule has 39 heavy (non-hydrogen) atoms. The molecule has 0 aliphatic rings. The summed E-state index contributed by atoms with van der Waals surface area (Å²) < 4.78 is 27.7. The van der Waals surface area contributed by atoms with Crippen LogP contribution in [0.3, 0.4) is 0 Å². The summed E-state index contributed by atoms with van der Waals surface area (Å²) in [5.41, 5.74) is 4.06. The van der Waals surface area contributed by atoms with E-state index in [0.717, 1.165) is 43.7 Å². The lowest BCUT2D eigenvalue weighted by Crippen LogP contribution is -2.53. The molecular weight excluding hydrogens is 578 g/mol. The van der Waals surface area contributed by atoms with E-state index in [-0.39, 0.29) is 12.5 Å². The summed E-state index contributed by atoms with van der Waals surface area (Å²) >= 11 is 3.48. The summed E-state index contributed by atoms with van der Waals surface area (Å²) in [5, 5.41) is 2.94. The minimum atomic E-state index is -3.80. The van der Waals surface area contributed by atoms with Gasteiger partial charge in [0, 0.05) is 24.0 Å². The monoisotopic (exact) mass is 613 g/mol. The first-order valence-corrected chi connectivity index (χ1v) is 15.5. The van der Waals surface area contributed by atoms with Crippen molar-refractivity contribution in [2.24, 2.45) is 0 Å². The fourth-order valence-corrected chi connectivity index (χ4v) is 5.53. The molecule has 0 aromatic heterocycles. The van der Waals surface area contributed by atoms with Crippen LogP contribution in [0.1, 0.15) is 35.6 Å². The van der Waals surface area contributed by atoms with Crippen LogP contribution in [-0.4, -0.2) is 50.5 Å². The maximum absolute atomic E-state index is 14.1. The van der Waals surface area contributed by atoms with E-state index in [1.54, 1.807) is 12.1 Å². The van der Waals surface area contributed by atoms with Crippen molar-refractivity contribution >= 4 is 43.5 Å². The van der Waals surface area contributed by atoms with Gasteiger partial charge in [0.15, 0.2) is 0 Å². The van der Waals surface area contributed by atoms with Crippen LogP contribution in [0.25, 0.3) is 0 Å². The van der Waals surface area contributed by atoms with Crippen LogP contribution in [0.4, 0.5) is 5.69 Å². The predicted octanol–water partition coefficient (Wildman–Crippen LogP) is 5.00. The van der Waals surface area contributed by atoms with E-state index in [1.165, 1.54) is 4.90 Å². The molecule has 3 aromatic carbocycles. The average Bonchev–Trinajstić information content (AvgIpc) is 2.89. The summed E-state index contributed by atoms with van der Waals surface area (Å²) in [4.78, 5) is 29.1. The highest BCUT2D eigenvalue weighted by molar-refractivity contribution is 9.10. The molecule has 0 saturated heterocycles. The number of nitrogens with zero attached hydrogens (tertiary/aromatic N) is 2. The molecule has 0 aliphatic carbocycles. The van der Waals surface area contributed by atoms with Gasteiger partial charge in [0.05, 0.1) is 11.9 Å². The maximum atomic E-state index is 14.1. The third-order valence-corrected chi connectivity index (χ3v) is 8.15. The molecule has 208 valence electrons. The van der Waals surface area contributed by atoms with Crippen molar-refractivity contribution in [3.63, 3.8) is 0 Å². The molecule has 0 saturated carbocycles. The van der Waals surface area contributed by atoms with Crippen molar-refractivity contribution in [1.29, 1.82) is 0 Å². The number of rotatable bonds is 12. The van der Waals surface area contributed by atoms with Gasteiger partial charge in [0.25, 0.3) is 0 Å². The average molecular weight is 615 g/mol. The normalized spacial score (nSPS) is 12.0. The van der Waals surface area contributed by atoms with Crippen molar-refractivity contribution in [2.45, 2.75) is 46.2 Å². The molecule has 7 nitrogen and oxygen atoms in total. The van der Waals surface area contributed by atoms with Gasteiger partial charge in [-0.3, -0.25) is 13.9 Å². The van der Waals surface area contributed by atoms with Crippen LogP contribution < -0.4 is 9.62 Å². The lowest BCUT2D eigenvalue weighted by atomic mass is 10.0. The smallest absolute Gasteiger partial charge is 0.244 e. The summed E-state index contributed by atoms with van der Waals surface area (Å²) in [6.07, 6.45) is 2.13. The molecule has 0 radical (unpaired) electrons. The zero-order valence-electron chi connectivity index (χ0n) is 22.9. The number of anilines is 1. The van der Waals surface area contributed by atoms with Gasteiger partial charge in [-0.2, -0.15) is 0 Å². The van der Waals surface area contributed by atoms with Crippen LogP contribution in [0.5, 0.6) is 0 Å². The highest BCUT2D eigenvalue weighted by atomic mass is 79.9. The number of halogens is 1. The van der Waals surface area contributed by atoms with Crippen molar-refractivity contribution < 1.29 is 18.0 Å². The fourth-order valence-electron chi connectivity index (χ4n) is 4.25. The molecular formula is C30H36BrN3O4S. The number of benzene rings is 3. The predicted molar refractivity (Wildman–Crippen MR) is 160 cm³/mol. The molecule has 3 aromatic rings. The number of carbonyl (C=O) groups is 2. The molecule has 0 spiro atoms. The second-order valence-corrected chi connectivity index (χ2v) is 12.5. The minimum absolute atomic E-state index is 0.139. The van der Waals surface area contributed by atoms with Gasteiger partial charge in [-0.25, -0.2) is 8.42 Å². The number of nitrogens with one attached hydrogen (secondary N) is 1. The molecule has 2 amide bonds. The summed E-state index contributed by atoms with van der Waals surface area (Å²) in [6, 6.07) is 21.5. The lowest BCUT2D eigenvalue weighted by Gasteiger charge is -2.33. The highest BCUT2D eigenvalue weighted by Crippen LogP contribution is 2.23. The molecule has 0 aliphatic heterocycles. The standard InChI is InChI=1S/C30H36BrN3O4S/c1-5-16-32-30(36)28(19-24-10-7-6-8-11-24)33(20-25-12-9-13-26(31)18-25)29(35)21-34(39(4,37)38)27-15-14-22(2)23(3)17-27/h6-15,17-18,28H,5,16,19-21H2,1-4H3,(H,32,36). The first-order valence-electron chi connectivity index (χ1n) is 12.9. The zero-order chi connectivity index (χ0) is 28.6. The molecule has 1 unspecified atom stereocenters. The minimum Gasteiger partial charge on any atom is -0.354 e. The van der Waals surface area contributed by atoms with E-state index in [1.807, 2.05) is 81.4 Å². The molecule has 3 rings (SSSR count). The molecule has 0 heterocycles. The maximum Gasteiger partial charge on any atom is 0.244 e. The Morgan fingerprint density at radius 1 is 0.923 bits per heavy atom. The summed E-state index contributed by atoms with van der Waals surface area (Å²) in [7, 11) is -3.80. The largest absolute Gasteiger partial charge is 0.354 e. The van der Waals surface area contributed by atoms with Gasteiger partial charge in [-0.05, 0) is 66.8 Å². The van der Waals surface area contributed by atoms with Gasteiger partial charge >= 0.3 is 0 Å². The van der Waals surface area contributed by atoms with Gasteiger partial charge in [0.2, 0.25) is 21.8 Å². The first-order chi connectivity index (χ1) is 18.5. The van der Waals surface area contributed by atoms with Crippen LogP contribution in [0.2, 0.25) is 0 Å². The van der Waals surface area contributed by atoms with E-state index in [9.17, 15) is 18.0 Å². The SMILES string of the molecule is CCCNC(=O)C(Cc1ccccc1)N(Cc1cccc(Br)c1)C(=O)CN(c1ccc(C)c(C)c1)S(C)(=O)=O. The Morgan fingerprint density at radius 3 is 2.23 bits per heavy atom. The van der Waals surface area contributed by atoms with Crippen molar-refractivity contribution in [2.75, 3.05) is 23.7 Å². The summed E-state index contributed by atoms with van der Waals surface area (Å²) in [6.45, 7) is 5.99. The summed E-state index contributed by atoms with van der Waals surface area (Å²) in [5.74, 6) is -0.743. The Kier molecular flexibility index (Phi) is 10.7. The zero-order valence-corrected chi connectivity index (χ0v) is 25.3. The Labute approximate surface area is 240 Å². The highest BCUT2D eigenvalue weighted by Gasteiger charge is 2.33. The molecule has 0 fully saturated rings. The van der Waals surface area contributed by atoms with Crippen LogP contribution in [-0.2, 0) is 32.6 Å². The molecule has 9 heteroatoms. The van der Waals surface area contributed by atoms with Crippen molar-refractivity contribution in [1.82, 2.24) is 10.2 Å². The van der Waals surface area contributed by atoms with E-state index >= 15 is 0 Å². The second-order valence-electron chi connectivity index (χ2n) is 9.69. The third-order valence-electron chi connectivity index (χ3n) is 6.52. The van der Waals surface area contributed by atoms with Crippen molar-refractivity contribution in [3.8, 4) is 0 Å². The number of hydrogen-bond acceptors (Lipinski definition) is 4. The molecule has 1 N–H and O–H groups in total. The Hall–Kier alpha value is -3.17. The molecule has 1 atom stereocenters. The number of hydrogen-bond donors (Lipinski definition) is 1. The number of sulfonamides is 1. The van der Waals surface area contributed by atoms with Crippen LogP contribution in [0.15, 0.2) is 77.3 Å². The van der Waals surface area contributed by atoms with Crippen molar-refractivity contribution in [3.05, 3.63) is 99.5 Å². The van der Waals surface area contributed by atoms with E-state index in [0.29, 0.717) is 18.7 Å². The van der Waals surface area contributed by atoms with Gasteiger partial charge in [-0.15, -0.1) is 0 Å². The van der Waals surface area contributed by atoms with E-state index < -0.39 is 28.5 Å². The van der Waals surface area contributed by atoms with Gasteiger partial charge in [-0.1, -0.05) is 71.4 Å². The lowest BCUT2D eigenvalue weighted by molar-refractivity contribution is -0.140. The van der Waals surface area contributed by atoms with E-state index in [2.05, 4.69) is 21.2 Å². The van der Waals surface area contributed by atoms with E-state index in [4.69, 9.17) is 0 Å². The van der Waals surface area contributed by atoms with Gasteiger partial charge in [0.1, 0.15) is 12.6 Å².